The number of furan rings is 1. The maximum absolute atomic E-state index is 13.9. The van der Waals surface area contributed by atoms with Crippen molar-refractivity contribution in [3.8, 4) is 22.6 Å². The summed E-state index contributed by atoms with van der Waals surface area (Å²) in [5.74, 6) is -0.630. The Labute approximate surface area is 202 Å². The van der Waals surface area contributed by atoms with Gasteiger partial charge in [-0.2, -0.15) is 0 Å². The lowest BCUT2D eigenvalue weighted by molar-refractivity contribution is -0.116. The molecule has 0 fully saturated rings. The number of amides is 1. The third-order valence-corrected chi connectivity index (χ3v) is 5.92. The van der Waals surface area contributed by atoms with Crippen molar-refractivity contribution < 1.29 is 27.5 Å². The highest BCUT2D eigenvalue weighted by Crippen LogP contribution is 2.42. The average molecular weight is 478 g/mol. The quantitative estimate of drug-likeness (QED) is 0.312. The molecule has 0 atom stereocenters. The molecule has 0 aliphatic carbocycles. The van der Waals surface area contributed by atoms with E-state index in [-0.39, 0.29) is 12.1 Å². The summed E-state index contributed by atoms with van der Waals surface area (Å²) in [6.07, 6.45) is 3.05. The van der Waals surface area contributed by atoms with Crippen molar-refractivity contribution in [1.29, 1.82) is 0 Å². The van der Waals surface area contributed by atoms with Crippen molar-refractivity contribution in [2.24, 2.45) is 0 Å². The van der Waals surface area contributed by atoms with Gasteiger partial charge in [0.25, 0.3) is 0 Å². The zero-order valence-corrected chi connectivity index (χ0v) is 19.9. The molecule has 180 valence electrons. The van der Waals surface area contributed by atoms with Crippen LogP contribution in [0, 0.1) is 18.6 Å². The van der Waals surface area contributed by atoms with Crippen LogP contribution >= 0.6 is 0 Å². The van der Waals surface area contributed by atoms with Crippen molar-refractivity contribution >= 4 is 22.4 Å². The van der Waals surface area contributed by atoms with E-state index >= 15 is 0 Å². The summed E-state index contributed by atoms with van der Waals surface area (Å²) in [5, 5.41) is 3.38. The van der Waals surface area contributed by atoms with E-state index in [1.165, 1.54) is 12.1 Å². The minimum atomic E-state index is -0.711. The van der Waals surface area contributed by atoms with Crippen LogP contribution in [0.2, 0.25) is 0 Å². The second-order valence-electron chi connectivity index (χ2n) is 8.05. The number of rotatable bonds is 7. The summed E-state index contributed by atoms with van der Waals surface area (Å²) in [4.78, 5) is 12.6. The molecule has 1 heterocycles. The molecular formula is C28H25F2NO4. The van der Waals surface area contributed by atoms with Crippen molar-refractivity contribution in [2.45, 2.75) is 20.4 Å². The largest absolute Gasteiger partial charge is 0.496 e. The maximum atomic E-state index is 13.9. The van der Waals surface area contributed by atoms with E-state index in [1.54, 1.807) is 27.4 Å². The molecule has 1 N–H and O–H groups in total. The third-order valence-electron chi connectivity index (χ3n) is 5.92. The van der Waals surface area contributed by atoms with Crippen LogP contribution in [0.25, 0.3) is 27.7 Å². The summed E-state index contributed by atoms with van der Waals surface area (Å²) < 4.78 is 44.8. The second kappa shape index (κ2) is 10.0. The first-order valence-electron chi connectivity index (χ1n) is 11.0. The first kappa shape index (κ1) is 24.0. The number of carbonyl (C=O) groups excluding carboxylic acids is 1. The van der Waals surface area contributed by atoms with E-state index in [4.69, 9.17) is 13.9 Å². The Morgan fingerprint density at radius 1 is 1.03 bits per heavy atom. The summed E-state index contributed by atoms with van der Waals surface area (Å²) >= 11 is 0. The highest BCUT2D eigenvalue weighted by atomic mass is 19.1. The molecule has 0 radical (unpaired) electrons. The van der Waals surface area contributed by atoms with Gasteiger partial charge in [-0.3, -0.25) is 4.79 Å². The first-order valence-corrected chi connectivity index (χ1v) is 11.0. The fourth-order valence-electron chi connectivity index (χ4n) is 4.15. The summed E-state index contributed by atoms with van der Waals surface area (Å²) in [6.45, 7) is 3.39. The maximum Gasteiger partial charge on any atom is 0.244 e. The van der Waals surface area contributed by atoms with E-state index < -0.39 is 17.5 Å². The smallest absolute Gasteiger partial charge is 0.244 e. The van der Waals surface area contributed by atoms with E-state index in [2.05, 4.69) is 5.32 Å². The number of benzene rings is 3. The van der Waals surface area contributed by atoms with Gasteiger partial charge in [0.2, 0.25) is 5.91 Å². The molecule has 5 nitrogen and oxygen atoms in total. The lowest BCUT2D eigenvalue weighted by atomic mass is 9.96. The number of allylic oxidation sites excluding steroid dienone is 1. The molecule has 4 rings (SSSR count). The fraction of sp³-hybridized carbons (Fsp3) is 0.179. The minimum Gasteiger partial charge on any atom is -0.496 e. The predicted molar refractivity (Wildman–Crippen MR) is 131 cm³/mol. The normalized spacial score (nSPS) is 11.5. The van der Waals surface area contributed by atoms with Gasteiger partial charge in [-0.1, -0.05) is 24.3 Å². The Hall–Kier alpha value is -4.13. The van der Waals surface area contributed by atoms with Gasteiger partial charge in [0.1, 0.15) is 28.7 Å². The Bertz CT molecular complexity index is 1420. The number of fused-ring (bicyclic) bond motifs is 1. The number of nitrogens with one attached hydrogen (secondary N) is 1. The highest BCUT2D eigenvalue weighted by Gasteiger charge is 2.20. The van der Waals surface area contributed by atoms with Gasteiger partial charge in [-0.15, -0.1) is 0 Å². The topological polar surface area (TPSA) is 60.7 Å². The molecule has 0 aliphatic rings. The zero-order chi connectivity index (χ0) is 25.1. The van der Waals surface area contributed by atoms with Crippen molar-refractivity contribution in [1.82, 2.24) is 5.32 Å². The molecule has 0 saturated carbocycles. The van der Waals surface area contributed by atoms with Crippen LogP contribution in [0.3, 0.4) is 0 Å². The van der Waals surface area contributed by atoms with Crippen LogP contribution in [0.4, 0.5) is 8.78 Å². The van der Waals surface area contributed by atoms with Crippen LogP contribution < -0.4 is 14.8 Å². The van der Waals surface area contributed by atoms with Gasteiger partial charge < -0.3 is 19.2 Å². The first-order chi connectivity index (χ1) is 16.8. The fourth-order valence-corrected chi connectivity index (χ4v) is 4.15. The van der Waals surface area contributed by atoms with E-state index in [0.29, 0.717) is 28.2 Å². The number of para-hydroxylation sites is 1. The Morgan fingerprint density at radius 2 is 1.74 bits per heavy atom. The molecule has 0 bridgehead atoms. The zero-order valence-electron chi connectivity index (χ0n) is 19.9. The van der Waals surface area contributed by atoms with Gasteiger partial charge in [0.05, 0.1) is 20.5 Å². The van der Waals surface area contributed by atoms with Gasteiger partial charge in [-0.05, 0) is 43.7 Å². The van der Waals surface area contributed by atoms with Crippen molar-refractivity contribution in [2.75, 3.05) is 14.2 Å². The van der Waals surface area contributed by atoms with Crippen molar-refractivity contribution in [3.05, 3.63) is 89.2 Å². The van der Waals surface area contributed by atoms with E-state index in [1.807, 2.05) is 37.3 Å². The van der Waals surface area contributed by atoms with Crippen LogP contribution in [0.15, 0.2) is 65.3 Å². The highest BCUT2D eigenvalue weighted by molar-refractivity contribution is 6.02. The number of hydrogen-bond donors (Lipinski definition) is 1. The van der Waals surface area contributed by atoms with Gasteiger partial charge in [0.15, 0.2) is 0 Å². The third kappa shape index (κ3) is 4.62. The monoisotopic (exact) mass is 477 g/mol. The number of aryl methyl sites for hydroxylation is 1. The number of halogens is 2. The predicted octanol–water partition coefficient (Wildman–Crippen LogP) is 6.42. The lowest BCUT2D eigenvalue weighted by Crippen LogP contribution is -2.22. The molecule has 1 amide bonds. The molecule has 0 spiro atoms. The molecule has 35 heavy (non-hydrogen) atoms. The van der Waals surface area contributed by atoms with Gasteiger partial charge in [-0.25, -0.2) is 8.78 Å². The lowest BCUT2D eigenvalue weighted by Gasteiger charge is -2.14. The molecule has 0 unspecified atom stereocenters. The van der Waals surface area contributed by atoms with Gasteiger partial charge >= 0.3 is 0 Å². The minimum absolute atomic E-state index is 0.193. The summed E-state index contributed by atoms with van der Waals surface area (Å²) in [5.41, 5.74) is 4.28. The average Bonchev–Trinajstić information content (AvgIpc) is 3.27. The number of hydrogen-bond acceptors (Lipinski definition) is 4. The number of carbonyl (C=O) groups is 1. The van der Waals surface area contributed by atoms with Crippen LogP contribution in [0.5, 0.6) is 11.5 Å². The summed E-state index contributed by atoms with van der Waals surface area (Å²) in [7, 11) is 3.16. The van der Waals surface area contributed by atoms with Crippen LogP contribution in [-0.4, -0.2) is 20.1 Å². The Kier molecular flexibility index (Phi) is 6.87. The Morgan fingerprint density at radius 3 is 2.43 bits per heavy atom. The molecule has 1 aromatic heterocycles. The van der Waals surface area contributed by atoms with Crippen LogP contribution in [0.1, 0.15) is 23.6 Å². The molecular weight excluding hydrogens is 452 g/mol. The Balaban J connectivity index is 1.72. The molecule has 3 aromatic carbocycles. The number of ether oxygens (including phenoxy) is 2. The second-order valence-corrected chi connectivity index (χ2v) is 8.05. The van der Waals surface area contributed by atoms with Crippen molar-refractivity contribution in [3.63, 3.8) is 0 Å². The molecule has 0 saturated heterocycles. The standard InChI is InChI=1S/C28H25F2NO4/c1-16(12-26(32)31-14-21-23(29)9-7-10-24(21)30)19-13-20-22(18-8-5-6-11-25(18)33-3)15-35-28(20)17(2)27(19)34-4/h5-13,15H,14H2,1-4H3,(H,31,32)/b16-12+. The molecule has 4 aromatic rings. The molecule has 7 heteroatoms. The number of methoxy groups -OCH3 is 2. The van der Waals surface area contributed by atoms with Crippen LogP contribution in [-0.2, 0) is 11.3 Å². The SMILES string of the molecule is COc1ccccc1-c1coc2c(C)c(OC)c(/C(C)=C/C(=O)NCc3c(F)cccc3F)cc12. The van der Waals surface area contributed by atoms with E-state index in [0.717, 1.165) is 34.2 Å². The molecule has 0 aliphatic heterocycles. The van der Waals surface area contributed by atoms with E-state index in [9.17, 15) is 13.6 Å². The van der Waals surface area contributed by atoms with Gasteiger partial charge in [0, 0.05) is 45.8 Å². The summed E-state index contributed by atoms with van der Waals surface area (Å²) in [6, 6.07) is 13.1.